The fourth-order valence-electron chi connectivity index (χ4n) is 1.44. The Morgan fingerprint density at radius 1 is 1.40 bits per heavy atom. The van der Waals surface area contributed by atoms with Crippen LogP contribution in [0.2, 0.25) is 0 Å². The summed E-state index contributed by atoms with van der Waals surface area (Å²) in [6.07, 6.45) is 1.82. The number of halogens is 2. The van der Waals surface area contributed by atoms with Crippen LogP contribution in [0.25, 0.3) is 5.69 Å². The van der Waals surface area contributed by atoms with Crippen LogP contribution < -0.4 is 0 Å². The summed E-state index contributed by atoms with van der Waals surface area (Å²) in [6.45, 7) is 1.85. The van der Waals surface area contributed by atoms with Gasteiger partial charge in [-0.15, -0.1) is 11.6 Å². The third-order valence-electron chi connectivity index (χ3n) is 2.19. The Morgan fingerprint density at radius 2 is 2.20 bits per heavy atom. The zero-order valence-corrected chi connectivity index (χ0v) is 9.00. The van der Waals surface area contributed by atoms with Crippen molar-refractivity contribution in [3.8, 4) is 5.69 Å². The highest BCUT2D eigenvalue weighted by molar-refractivity contribution is 6.16. The first kappa shape index (κ1) is 10.2. The quantitative estimate of drug-likeness (QED) is 0.717. The van der Waals surface area contributed by atoms with Gasteiger partial charge in [0.05, 0.1) is 17.3 Å². The van der Waals surface area contributed by atoms with E-state index in [4.69, 9.17) is 11.6 Å². The molecule has 1 aromatic carbocycles. The van der Waals surface area contributed by atoms with Crippen LogP contribution >= 0.6 is 11.6 Å². The van der Waals surface area contributed by atoms with E-state index in [1.807, 2.05) is 19.2 Å². The van der Waals surface area contributed by atoms with E-state index in [1.165, 1.54) is 12.1 Å². The van der Waals surface area contributed by atoms with Crippen LogP contribution in [0.5, 0.6) is 0 Å². The molecule has 0 atom stereocenters. The number of aromatic nitrogens is 2. The highest BCUT2D eigenvalue weighted by Gasteiger charge is 2.04. The van der Waals surface area contributed by atoms with Gasteiger partial charge in [-0.05, 0) is 36.8 Å². The van der Waals surface area contributed by atoms with Crippen molar-refractivity contribution in [3.63, 3.8) is 0 Å². The lowest BCUT2D eigenvalue weighted by Crippen LogP contribution is -1.98. The van der Waals surface area contributed by atoms with Crippen LogP contribution in [-0.2, 0) is 5.88 Å². The number of nitrogens with zero attached hydrogens (tertiary/aromatic N) is 2. The largest absolute Gasteiger partial charge is 0.240 e. The predicted molar refractivity (Wildman–Crippen MR) is 57.8 cm³/mol. The minimum Gasteiger partial charge on any atom is -0.240 e. The summed E-state index contributed by atoms with van der Waals surface area (Å²) in [5, 5.41) is 4.25. The molecule has 2 aromatic rings. The Bertz CT molecular complexity index is 479. The highest BCUT2D eigenvalue weighted by atomic mass is 35.5. The lowest BCUT2D eigenvalue weighted by Gasteiger charge is -2.05. The van der Waals surface area contributed by atoms with Crippen LogP contribution in [0.4, 0.5) is 4.39 Å². The lowest BCUT2D eigenvalue weighted by molar-refractivity contribution is 0.625. The number of benzene rings is 1. The molecule has 2 rings (SSSR count). The van der Waals surface area contributed by atoms with Crippen molar-refractivity contribution in [2.45, 2.75) is 12.8 Å². The van der Waals surface area contributed by atoms with Crippen molar-refractivity contribution in [3.05, 3.63) is 47.5 Å². The standard InChI is InChI=1S/C11H10ClFN2/c1-8-6-9(13)2-3-11(8)15-5-4-10(7-12)14-15/h2-6H,7H2,1H3. The van der Waals surface area contributed by atoms with E-state index in [2.05, 4.69) is 5.10 Å². The molecule has 2 nitrogen and oxygen atoms in total. The molecule has 0 bridgehead atoms. The molecule has 0 aliphatic carbocycles. The minimum absolute atomic E-state index is 0.235. The van der Waals surface area contributed by atoms with E-state index in [0.29, 0.717) is 5.88 Å². The van der Waals surface area contributed by atoms with Gasteiger partial charge in [0.1, 0.15) is 5.82 Å². The molecule has 78 valence electrons. The van der Waals surface area contributed by atoms with Crippen molar-refractivity contribution >= 4 is 11.6 Å². The molecule has 0 saturated carbocycles. The van der Waals surface area contributed by atoms with Crippen LogP contribution in [-0.4, -0.2) is 9.78 Å². The molecule has 15 heavy (non-hydrogen) atoms. The zero-order valence-electron chi connectivity index (χ0n) is 8.24. The maximum atomic E-state index is 12.9. The van der Waals surface area contributed by atoms with Gasteiger partial charge in [-0.1, -0.05) is 0 Å². The third-order valence-corrected chi connectivity index (χ3v) is 2.46. The second-order valence-corrected chi connectivity index (χ2v) is 3.58. The number of alkyl halides is 1. The van der Waals surface area contributed by atoms with E-state index in [1.54, 1.807) is 10.7 Å². The van der Waals surface area contributed by atoms with E-state index >= 15 is 0 Å². The molecular formula is C11H10ClFN2. The molecule has 0 unspecified atom stereocenters. The summed E-state index contributed by atoms with van der Waals surface area (Å²) in [4.78, 5) is 0. The number of hydrogen-bond acceptors (Lipinski definition) is 1. The van der Waals surface area contributed by atoms with Crippen molar-refractivity contribution in [2.24, 2.45) is 0 Å². The molecule has 0 spiro atoms. The fraction of sp³-hybridized carbons (Fsp3) is 0.182. The first-order valence-electron chi connectivity index (χ1n) is 4.58. The summed E-state index contributed by atoms with van der Waals surface area (Å²) in [7, 11) is 0. The fourth-order valence-corrected chi connectivity index (χ4v) is 1.59. The first-order valence-corrected chi connectivity index (χ1v) is 5.11. The molecule has 0 aliphatic rings. The van der Waals surface area contributed by atoms with Gasteiger partial charge in [-0.2, -0.15) is 5.10 Å². The first-order chi connectivity index (χ1) is 7.20. The molecule has 0 aliphatic heterocycles. The molecule has 0 fully saturated rings. The Balaban J connectivity index is 2.44. The zero-order chi connectivity index (χ0) is 10.8. The van der Waals surface area contributed by atoms with Gasteiger partial charge >= 0.3 is 0 Å². The summed E-state index contributed by atoms with van der Waals surface area (Å²) >= 11 is 5.66. The smallest absolute Gasteiger partial charge is 0.123 e. The van der Waals surface area contributed by atoms with Crippen molar-refractivity contribution in [1.82, 2.24) is 9.78 Å². The van der Waals surface area contributed by atoms with Gasteiger partial charge in [0.25, 0.3) is 0 Å². The molecule has 0 amide bonds. The van der Waals surface area contributed by atoms with Crippen molar-refractivity contribution in [2.75, 3.05) is 0 Å². The number of aryl methyl sites for hydroxylation is 1. The molecular weight excluding hydrogens is 215 g/mol. The molecule has 4 heteroatoms. The van der Waals surface area contributed by atoms with E-state index in [-0.39, 0.29) is 5.82 Å². The van der Waals surface area contributed by atoms with Gasteiger partial charge < -0.3 is 0 Å². The third kappa shape index (κ3) is 2.02. The molecule has 0 radical (unpaired) electrons. The summed E-state index contributed by atoms with van der Waals surface area (Å²) < 4.78 is 14.6. The van der Waals surface area contributed by atoms with Crippen molar-refractivity contribution in [1.29, 1.82) is 0 Å². The summed E-state index contributed by atoms with van der Waals surface area (Å²) in [6, 6.07) is 6.45. The maximum absolute atomic E-state index is 12.9. The molecule has 0 saturated heterocycles. The second-order valence-electron chi connectivity index (χ2n) is 3.32. The molecule has 1 aromatic heterocycles. The van der Waals surface area contributed by atoms with Gasteiger partial charge in [0, 0.05) is 6.20 Å². The SMILES string of the molecule is Cc1cc(F)ccc1-n1ccc(CCl)n1. The van der Waals surface area contributed by atoms with Crippen LogP contribution in [0, 0.1) is 12.7 Å². The summed E-state index contributed by atoms with van der Waals surface area (Å²) in [5.41, 5.74) is 2.52. The van der Waals surface area contributed by atoms with Gasteiger partial charge in [-0.25, -0.2) is 9.07 Å². The average Bonchev–Trinajstić information content (AvgIpc) is 2.66. The van der Waals surface area contributed by atoms with Gasteiger partial charge in [-0.3, -0.25) is 0 Å². The monoisotopic (exact) mass is 224 g/mol. The summed E-state index contributed by atoms with van der Waals surface area (Å²) in [5.74, 6) is 0.147. The van der Waals surface area contributed by atoms with Gasteiger partial charge in [0.2, 0.25) is 0 Å². The van der Waals surface area contributed by atoms with Crippen molar-refractivity contribution < 1.29 is 4.39 Å². The van der Waals surface area contributed by atoms with E-state index in [9.17, 15) is 4.39 Å². The second kappa shape index (κ2) is 4.03. The van der Waals surface area contributed by atoms with Gasteiger partial charge in [0.15, 0.2) is 0 Å². The van der Waals surface area contributed by atoms with E-state index in [0.717, 1.165) is 16.9 Å². The minimum atomic E-state index is -0.235. The Morgan fingerprint density at radius 3 is 2.80 bits per heavy atom. The Kier molecular flexibility index (Phi) is 2.73. The maximum Gasteiger partial charge on any atom is 0.123 e. The molecule has 0 N–H and O–H groups in total. The topological polar surface area (TPSA) is 17.8 Å². The highest BCUT2D eigenvalue weighted by Crippen LogP contribution is 2.15. The number of hydrogen-bond donors (Lipinski definition) is 0. The Hall–Kier alpha value is -1.35. The predicted octanol–water partition coefficient (Wildman–Crippen LogP) is 3.06. The lowest BCUT2D eigenvalue weighted by atomic mass is 10.2. The number of rotatable bonds is 2. The van der Waals surface area contributed by atoms with Crippen LogP contribution in [0.1, 0.15) is 11.3 Å². The normalized spacial score (nSPS) is 10.6. The van der Waals surface area contributed by atoms with Crippen LogP contribution in [0.3, 0.4) is 0 Å². The molecule has 1 heterocycles. The Labute approximate surface area is 92.3 Å². The van der Waals surface area contributed by atoms with Crippen LogP contribution in [0.15, 0.2) is 30.5 Å². The average molecular weight is 225 g/mol. The van der Waals surface area contributed by atoms with E-state index < -0.39 is 0 Å².